The van der Waals surface area contributed by atoms with Crippen molar-refractivity contribution in [3.8, 4) is 0 Å². The zero-order chi connectivity index (χ0) is 13.9. The van der Waals surface area contributed by atoms with E-state index in [0.717, 1.165) is 0 Å². The molecule has 0 fully saturated rings. The molecule has 8 nitrogen and oxygen atoms in total. The maximum atomic E-state index is 12.0. The van der Waals surface area contributed by atoms with E-state index in [1.165, 1.54) is 18.5 Å². The fourth-order valence-corrected chi connectivity index (χ4v) is 2.19. The van der Waals surface area contributed by atoms with Crippen LogP contribution < -0.4 is 10.0 Å². The lowest BCUT2D eigenvalue weighted by molar-refractivity contribution is 0.400. The summed E-state index contributed by atoms with van der Waals surface area (Å²) in [4.78, 5) is 7.75. The zero-order valence-electron chi connectivity index (χ0n) is 10.4. The second-order valence-electron chi connectivity index (χ2n) is 3.70. The summed E-state index contributed by atoms with van der Waals surface area (Å²) in [5.74, 6) is 1.00. The Balaban J connectivity index is 2.19. The largest absolute Gasteiger partial charge is 0.360 e. The number of rotatable bonds is 5. The highest BCUT2D eigenvalue weighted by molar-refractivity contribution is 7.92. The van der Waals surface area contributed by atoms with Gasteiger partial charge in [0.15, 0.2) is 5.82 Å². The lowest BCUT2D eigenvalue weighted by Crippen LogP contribution is -2.14. The second kappa shape index (κ2) is 5.22. The zero-order valence-corrected chi connectivity index (χ0v) is 11.2. The summed E-state index contributed by atoms with van der Waals surface area (Å²) in [6, 6.07) is 1.48. The van der Waals surface area contributed by atoms with Crippen molar-refractivity contribution in [2.75, 3.05) is 16.6 Å². The molecule has 0 aliphatic rings. The highest BCUT2D eigenvalue weighted by Gasteiger charge is 2.17. The minimum atomic E-state index is -3.76. The molecule has 0 bridgehead atoms. The molecular weight excluding hydrogens is 270 g/mol. The maximum absolute atomic E-state index is 12.0. The Hall–Kier alpha value is -2.16. The number of anilines is 2. The molecule has 0 saturated heterocycles. The summed E-state index contributed by atoms with van der Waals surface area (Å²) in [5, 5.41) is 6.43. The first-order chi connectivity index (χ1) is 9.01. The number of hydrogen-bond donors (Lipinski definition) is 2. The van der Waals surface area contributed by atoms with Gasteiger partial charge in [-0.3, -0.25) is 4.72 Å². The van der Waals surface area contributed by atoms with E-state index in [9.17, 15) is 8.42 Å². The van der Waals surface area contributed by atoms with E-state index in [4.69, 9.17) is 4.52 Å². The Morgan fingerprint density at radius 2 is 2.00 bits per heavy atom. The summed E-state index contributed by atoms with van der Waals surface area (Å²) in [7, 11) is -3.76. The molecule has 0 aliphatic heterocycles. The molecule has 2 rings (SSSR count). The van der Waals surface area contributed by atoms with Gasteiger partial charge in [-0.05, 0) is 13.8 Å². The van der Waals surface area contributed by atoms with Crippen LogP contribution in [-0.2, 0) is 10.0 Å². The number of hydrogen-bond acceptors (Lipinski definition) is 7. The van der Waals surface area contributed by atoms with Crippen LogP contribution in [0.15, 0.2) is 27.9 Å². The van der Waals surface area contributed by atoms with Crippen LogP contribution in [-0.4, -0.2) is 30.1 Å². The molecule has 2 aromatic heterocycles. The average Bonchev–Trinajstić information content (AvgIpc) is 2.75. The van der Waals surface area contributed by atoms with Crippen molar-refractivity contribution >= 4 is 21.8 Å². The lowest BCUT2D eigenvalue weighted by atomic mass is 10.5. The van der Waals surface area contributed by atoms with Crippen molar-refractivity contribution in [2.24, 2.45) is 0 Å². The highest BCUT2D eigenvalue weighted by atomic mass is 32.2. The molecule has 0 aliphatic carbocycles. The van der Waals surface area contributed by atoms with Crippen LogP contribution in [0.4, 0.5) is 11.8 Å². The van der Waals surface area contributed by atoms with E-state index in [1.54, 1.807) is 6.92 Å². The third-order valence-corrected chi connectivity index (χ3v) is 3.45. The van der Waals surface area contributed by atoms with Crippen LogP contribution in [0.3, 0.4) is 0 Å². The van der Waals surface area contributed by atoms with Crippen molar-refractivity contribution in [1.82, 2.24) is 15.1 Å². The van der Waals surface area contributed by atoms with E-state index in [0.29, 0.717) is 18.3 Å². The molecule has 19 heavy (non-hydrogen) atoms. The summed E-state index contributed by atoms with van der Waals surface area (Å²) >= 11 is 0. The predicted molar refractivity (Wildman–Crippen MR) is 68.2 cm³/mol. The lowest BCUT2D eigenvalue weighted by Gasteiger charge is -2.05. The first-order valence-electron chi connectivity index (χ1n) is 5.53. The maximum Gasteiger partial charge on any atom is 0.266 e. The molecule has 0 saturated carbocycles. The van der Waals surface area contributed by atoms with Gasteiger partial charge in [0, 0.05) is 12.6 Å². The Kier molecular flexibility index (Phi) is 3.65. The summed E-state index contributed by atoms with van der Waals surface area (Å²) in [6.07, 6.45) is 2.44. The molecule has 0 spiro atoms. The van der Waals surface area contributed by atoms with E-state index < -0.39 is 10.0 Å². The molecule has 2 aromatic rings. The summed E-state index contributed by atoms with van der Waals surface area (Å²) in [6.45, 7) is 4.21. The Labute approximate surface area is 110 Å². The number of sulfonamides is 1. The van der Waals surface area contributed by atoms with Crippen LogP contribution in [0.25, 0.3) is 0 Å². The number of nitrogens with zero attached hydrogens (tertiary/aromatic N) is 3. The third kappa shape index (κ3) is 3.19. The van der Waals surface area contributed by atoms with Crippen LogP contribution >= 0.6 is 0 Å². The Morgan fingerprint density at radius 3 is 2.53 bits per heavy atom. The molecule has 0 radical (unpaired) electrons. The minimum Gasteiger partial charge on any atom is -0.360 e. The van der Waals surface area contributed by atoms with Gasteiger partial charge in [-0.2, -0.15) is 0 Å². The van der Waals surface area contributed by atoms with Crippen molar-refractivity contribution in [3.63, 3.8) is 0 Å². The predicted octanol–water partition coefficient (Wildman–Crippen LogP) is 1.01. The molecule has 0 aromatic carbocycles. The van der Waals surface area contributed by atoms with Crippen molar-refractivity contribution in [2.45, 2.75) is 18.7 Å². The van der Waals surface area contributed by atoms with Crippen molar-refractivity contribution < 1.29 is 12.9 Å². The smallest absolute Gasteiger partial charge is 0.266 e. The Bertz CT molecular complexity index is 650. The number of aryl methyl sites for hydroxylation is 1. The van der Waals surface area contributed by atoms with Gasteiger partial charge in [-0.15, -0.1) is 0 Å². The highest BCUT2D eigenvalue weighted by Crippen LogP contribution is 2.14. The SMILES string of the molecule is CCNc1ncc(S(=O)(=O)Nc2cc(C)on2)cn1. The quantitative estimate of drug-likeness (QED) is 0.842. The molecule has 2 N–H and O–H groups in total. The van der Waals surface area contributed by atoms with Gasteiger partial charge in [0.2, 0.25) is 5.95 Å². The van der Waals surface area contributed by atoms with Gasteiger partial charge >= 0.3 is 0 Å². The molecule has 0 amide bonds. The average molecular weight is 283 g/mol. The molecule has 2 heterocycles. The standard InChI is InChI=1S/C10H13N5O3S/c1-3-11-10-12-5-8(6-13-10)19(16,17)15-9-4-7(2)18-14-9/h4-6H,3H2,1-2H3,(H,14,15)(H,11,12,13). The molecule has 9 heteroatoms. The van der Waals surface area contributed by atoms with Gasteiger partial charge in [0.25, 0.3) is 10.0 Å². The molecule has 0 unspecified atom stereocenters. The first-order valence-corrected chi connectivity index (χ1v) is 7.01. The molecule has 0 atom stereocenters. The minimum absolute atomic E-state index is 0.0465. The summed E-state index contributed by atoms with van der Waals surface area (Å²) in [5.41, 5.74) is 0. The number of nitrogens with one attached hydrogen (secondary N) is 2. The van der Waals surface area contributed by atoms with Crippen LogP contribution in [0.1, 0.15) is 12.7 Å². The van der Waals surface area contributed by atoms with Crippen molar-refractivity contribution in [1.29, 1.82) is 0 Å². The van der Waals surface area contributed by atoms with Crippen molar-refractivity contribution in [3.05, 3.63) is 24.2 Å². The van der Waals surface area contributed by atoms with Gasteiger partial charge in [0.05, 0.1) is 12.4 Å². The van der Waals surface area contributed by atoms with Crippen LogP contribution in [0, 0.1) is 6.92 Å². The van der Waals surface area contributed by atoms with E-state index in [2.05, 4.69) is 25.2 Å². The van der Waals surface area contributed by atoms with Gasteiger partial charge in [-0.1, -0.05) is 5.16 Å². The first kappa shape index (κ1) is 13.3. The number of aromatic nitrogens is 3. The van der Waals surface area contributed by atoms with Crippen LogP contribution in [0.5, 0.6) is 0 Å². The van der Waals surface area contributed by atoms with E-state index in [1.807, 2.05) is 6.92 Å². The third-order valence-electron chi connectivity index (χ3n) is 2.14. The monoisotopic (exact) mass is 283 g/mol. The van der Waals surface area contributed by atoms with Gasteiger partial charge in [0.1, 0.15) is 10.7 Å². The van der Waals surface area contributed by atoms with E-state index >= 15 is 0 Å². The Morgan fingerprint density at radius 1 is 1.32 bits per heavy atom. The topological polar surface area (TPSA) is 110 Å². The fourth-order valence-electron chi connectivity index (χ4n) is 1.32. The van der Waals surface area contributed by atoms with Crippen LogP contribution in [0.2, 0.25) is 0 Å². The van der Waals surface area contributed by atoms with E-state index in [-0.39, 0.29) is 10.7 Å². The fraction of sp³-hybridized carbons (Fsp3) is 0.300. The molecular formula is C10H13N5O3S. The summed E-state index contributed by atoms with van der Waals surface area (Å²) < 4.78 is 31.0. The normalized spacial score (nSPS) is 11.3. The molecule has 102 valence electrons. The van der Waals surface area contributed by atoms with Gasteiger partial charge in [-0.25, -0.2) is 18.4 Å². The second-order valence-corrected chi connectivity index (χ2v) is 5.38. The van der Waals surface area contributed by atoms with Gasteiger partial charge < -0.3 is 9.84 Å².